The Bertz CT molecular complexity index is 1060. The quantitative estimate of drug-likeness (QED) is 0.704. The number of nitrogens with one attached hydrogen (secondary N) is 1. The predicted molar refractivity (Wildman–Crippen MR) is 107 cm³/mol. The van der Waals surface area contributed by atoms with E-state index in [2.05, 4.69) is 35.6 Å². The normalized spacial score (nSPS) is 21.2. The van der Waals surface area contributed by atoms with Crippen LogP contribution in [0.15, 0.2) is 18.2 Å². The number of aromatic nitrogens is 4. The second-order valence-corrected chi connectivity index (χ2v) is 7.97. The van der Waals surface area contributed by atoms with Crippen LogP contribution in [0.2, 0.25) is 0 Å². The van der Waals surface area contributed by atoms with Gasteiger partial charge in [0.25, 0.3) is 0 Å². The first-order valence-corrected chi connectivity index (χ1v) is 9.58. The smallest absolute Gasteiger partial charge is 0.198 e. The molecule has 0 bridgehead atoms. The number of imidazole rings is 1. The average molecular weight is 380 g/mol. The van der Waals surface area contributed by atoms with Gasteiger partial charge in [0.05, 0.1) is 42.6 Å². The number of hydrogen-bond acceptors (Lipinski definition) is 7. The molecule has 28 heavy (non-hydrogen) atoms. The van der Waals surface area contributed by atoms with Crippen molar-refractivity contribution >= 4 is 22.8 Å². The van der Waals surface area contributed by atoms with Crippen molar-refractivity contribution in [3.05, 3.63) is 29.5 Å². The molecule has 0 saturated carbocycles. The van der Waals surface area contributed by atoms with E-state index >= 15 is 0 Å². The van der Waals surface area contributed by atoms with Crippen molar-refractivity contribution in [3.63, 3.8) is 0 Å². The van der Waals surface area contributed by atoms with Crippen LogP contribution >= 0.6 is 0 Å². The van der Waals surface area contributed by atoms with Gasteiger partial charge in [-0.15, -0.1) is 0 Å². The van der Waals surface area contributed by atoms with Crippen LogP contribution in [0.4, 0.5) is 11.8 Å². The second-order valence-electron chi connectivity index (χ2n) is 7.97. The number of hydrogen-bond donors (Lipinski definition) is 2. The Morgan fingerprint density at radius 3 is 2.93 bits per heavy atom. The predicted octanol–water partition coefficient (Wildman–Crippen LogP) is 2.59. The summed E-state index contributed by atoms with van der Waals surface area (Å²) in [7, 11) is 0. The lowest BCUT2D eigenvalue weighted by Crippen LogP contribution is -2.44. The van der Waals surface area contributed by atoms with Crippen LogP contribution in [0.25, 0.3) is 22.4 Å². The number of nitrogens with zero attached hydrogens (tertiary/aromatic N) is 4. The van der Waals surface area contributed by atoms with Gasteiger partial charge < -0.3 is 25.1 Å². The summed E-state index contributed by atoms with van der Waals surface area (Å²) in [5, 5.41) is 0. The number of nitrogen functional groups attached to an aromatic ring is 1. The van der Waals surface area contributed by atoms with Crippen LogP contribution in [0, 0.1) is 0 Å². The molecule has 2 aliphatic rings. The molecule has 146 valence electrons. The lowest BCUT2D eigenvalue weighted by molar-refractivity contribution is -0.0100. The van der Waals surface area contributed by atoms with Crippen molar-refractivity contribution in [2.24, 2.45) is 0 Å². The molecule has 1 saturated heterocycles. The maximum atomic E-state index is 6.05. The van der Waals surface area contributed by atoms with E-state index in [-0.39, 0.29) is 6.04 Å². The monoisotopic (exact) mass is 380 g/mol. The van der Waals surface area contributed by atoms with E-state index in [1.54, 1.807) is 0 Å². The molecule has 1 aromatic carbocycles. The zero-order valence-electron chi connectivity index (χ0n) is 16.3. The SMILES string of the molecule is CC1COCCN1c1nc(-c2ccc3[nH]c(N)nc3c2)nc2c1COC2(C)C. The second kappa shape index (κ2) is 6.15. The molecular formula is C20H24N6O2. The zero-order chi connectivity index (χ0) is 19.5. The number of benzene rings is 1. The first-order valence-electron chi connectivity index (χ1n) is 9.58. The van der Waals surface area contributed by atoms with Crippen molar-refractivity contribution in [2.45, 2.75) is 39.0 Å². The minimum Gasteiger partial charge on any atom is -0.377 e. The molecule has 0 aliphatic carbocycles. The molecule has 3 aromatic rings. The molecular weight excluding hydrogens is 356 g/mol. The third kappa shape index (κ3) is 2.71. The third-order valence-corrected chi connectivity index (χ3v) is 5.53. The molecule has 3 N–H and O–H groups in total. The number of aromatic amines is 1. The summed E-state index contributed by atoms with van der Waals surface area (Å²) in [5.41, 5.74) is 9.98. The average Bonchev–Trinajstić information content (AvgIpc) is 3.19. The van der Waals surface area contributed by atoms with Crippen molar-refractivity contribution in [1.82, 2.24) is 19.9 Å². The molecule has 1 fully saturated rings. The molecule has 2 aromatic heterocycles. The number of fused-ring (bicyclic) bond motifs is 2. The fourth-order valence-electron chi connectivity index (χ4n) is 4.00. The number of anilines is 2. The Balaban J connectivity index is 1.68. The number of H-pyrrole nitrogens is 1. The Morgan fingerprint density at radius 1 is 1.25 bits per heavy atom. The van der Waals surface area contributed by atoms with Crippen LogP contribution in [0.3, 0.4) is 0 Å². The molecule has 0 amide bonds. The highest BCUT2D eigenvalue weighted by Gasteiger charge is 2.38. The van der Waals surface area contributed by atoms with Crippen LogP contribution in [-0.4, -0.2) is 45.7 Å². The van der Waals surface area contributed by atoms with Gasteiger partial charge in [-0.05, 0) is 39.0 Å². The molecule has 2 aliphatic heterocycles. The molecule has 4 heterocycles. The molecule has 5 rings (SSSR count). The van der Waals surface area contributed by atoms with E-state index in [0.29, 0.717) is 31.6 Å². The highest BCUT2D eigenvalue weighted by atomic mass is 16.5. The summed E-state index contributed by atoms with van der Waals surface area (Å²) in [6.07, 6.45) is 0. The minimum absolute atomic E-state index is 0.248. The fraction of sp³-hybridized carbons (Fsp3) is 0.450. The Labute approximate surface area is 163 Å². The highest BCUT2D eigenvalue weighted by molar-refractivity contribution is 5.82. The van der Waals surface area contributed by atoms with Crippen LogP contribution < -0.4 is 10.6 Å². The minimum atomic E-state index is -0.446. The van der Waals surface area contributed by atoms with Gasteiger partial charge in [0.1, 0.15) is 11.4 Å². The van der Waals surface area contributed by atoms with Crippen molar-refractivity contribution < 1.29 is 9.47 Å². The fourth-order valence-corrected chi connectivity index (χ4v) is 4.00. The maximum absolute atomic E-state index is 6.05. The first kappa shape index (κ1) is 17.4. The largest absolute Gasteiger partial charge is 0.377 e. The van der Waals surface area contributed by atoms with Gasteiger partial charge in [-0.2, -0.15) is 0 Å². The van der Waals surface area contributed by atoms with Crippen molar-refractivity contribution in [3.8, 4) is 11.4 Å². The van der Waals surface area contributed by atoms with E-state index in [9.17, 15) is 0 Å². The number of rotatable bonds is 2. The van der Waals surface area contributed by atoms with Gasteiger partial charge in [-0.3, -0.25) is 0 Å². The van der Waals surface area contributed by atoms with Gasteiger partial charge in [-0.1, -0.05) is 0 Å². The van der Waals surface area contributed by atoms with E-state index < -0.39 is 5.60 Å². The zero-order valence-corrected chi connectivity index (χ0v) is 16.3. The van der Waals surface area contributed by atoms with E-state index in [1.165, 1.54) is 0 Å². The van der Waals surface area contributed by atoms with Gasteiger partial charge in [0.2, 0.25) is 0 Å². The highest BCUT2D eigenvalue weighted by Crippen LogP contribution is 2.40. The summed E-state index contributed by atoms with van der Waals surface area (Å²) in [6, 6.07) is 6.18. The molecule has 1 unspecified atom stereocenters. The molecule has 0 radical (unpaired) electrons. The van der Waals surface area contributed by atoms with Crippen LogP contribution in [-0.2, 0) is 21.7 Å². The standard InChI is InChI=1S/C20H24N6O2/c1-11-9-27-7-6-26(11)18-13-10-28-20(2,3)16(13)24-17(25-18)12-4-5-14-15(8-12)23-19(21)22-14/h4-5,8,11H,6-7,9-10H2,1-3H3,(H3,21,22,23). The van der Waals surface area contributed by atoms with Gasteiger partial charge >= 0.3 is 0 Å². The Morgan fingerprint density at radius 2 is 2.11 bits per heavy atom. The third-order valence-electron chi connectivity index (χ3n) is 5.53. The molecule has 1 atom stereocenters. The summed E-state index contributed by atoms with van der Waals surface area (Å²) in [6.45, 7) is 8.99. The number of morpholine rings is 1. The summed E-state index contributed by atoms with van der Waals surface area (Å²) < 4.78 is 11.7. The Kier molecular flexibility index (Phi) is 3.82. The number of ether oxygens (including phenoxy) is 2. The van der Waals surface area contributed by atoms with Gasteiger partial charge in [0.15, 0.2) is 11.8 Å². The molecule has 0 spiro atoms. The topological polar surface area (TPSA) is 102 Å². The van der Waals surface area contributed by atoms with Crippen molar-refractivity contribution in [1.29, 1.82) is 0 Å². The van der Waals surface area contributed by atoms with E-state index in [0.717, 1.165) is 40.2 Å². The lowest BCUT2D eigenvalue weighted by atomic mass is 10.0. The van der Waals surface area contributed by atoms with Crippen LogP contribution in [0.1, 0.15) is 32.0 Å². The summed E-state index contributed by atoms with van der Waals surface area (Å²) >= 11 is 0. The van der Waals surface area contributed by atoms with Gasteiger partial charge in [0, 0.05) is 17.7 Å². The Hall–Kier alpha value is -2.71. The summed E-state index contributed by atoms with van der Waals surface area (Å²) in [4.78, 5) is 19.6. The van der Waals surface area contributed by atoms with Crippen LogP contribution in [0.5, 0.6) is 0 Å². The summed E-state index contributed by atoms with van der Waals surface area (Å²) in [5.74, 6) is 2.02. The van der Waals surface area contributed by atoms with Gasteiger partial charge in [-0.25, -0.2) is 15.0 Å². The number of nitrogens with two attached hydrogens (primary N) is 1. The lowest BCUT2D eigenvalue weighted by Gasteiger charge is -2.35. The molecule has 8 nitrogen and oxygen atoms in total. The molecule has 8 heteroatoms. The first-order chi connectivity index (χ1) is 13.4. The van der Waals surface area contributed by atoms with E-state index in [4.69, 9.17) is 25.2 Å². The maximum Gasteiger partial charge on any atom is 0.198 e. The van der Waals surface area contributed by atoms with E-state index in [1.807, 2.05) is 18.2 Å². The van der Waals surface area contributed by atoms with Crippen molar-refractivity contribution in [2.75, 3.05) is 30.4 Å².